The first-order chi connectivity index (χ1) is 16.3. The smallest absolute Gasteiger partial charge is 0.135 e. The van der Waals surface area contributed by atoms with Crippen molar-refractivity contribution in [2.75, 3.05) is 33.0 Å². The molecule has 0 amide bonds. The van der Waals surface area contributed by atoms with Gasteiger partial charge in [0.15, 0.2) is 0 Å². The van der Waals surface area contributed by atoms with Crippen LogP contribution in [0.25, 0.3) is 21.5 Å². The predicted octanol–water partition coefficient (Wildman–Crippen LogP) is 6.00. The molecule has 0 radical (unpaired) electrons. The number of benzene rings is 3. The molecule has 0 saturated carbocycles. The second-order valence-corrected chi connectivity index (χ2v) is 9.63. The van der Waals surface area contributed by atoms with Gasteiger partial charge in [0.25, 0.3) is 0 Å². The number of epoxide rings is 1. The van der Waals surface area contributed by atoms with E-state index in [4.69, 9.17) is 46.9 Å². The molecule has 1 N–H and O–H groups in total. The van der Waals surface area contributed by atoms with Crippen molar-refractivity contribution in [3.8, 4) is 11.5 Å². The highest BCUT2D eigenvalue weighted by Gasteiger charge is 2.23. The molecule has 1 heterocycles. The molecule has 4 rings (SSSR count). The third-order valence-electron chi connectivity index (χ3n) is 5.63. The number of hydrogen-bond donors (Lipinski definition) is 1. The molecule has 0 aliphatic carbocycles. The fourth-order valence-corrected chi connectivity index (χ4v) is 3.99. The van der Waals surface area contributed by atoms with E-state index in [2.05, 4.69) is 0 Å². The summed E-state index contributed by atoms with van der Waals surface area (Å²) < 4.78 is 28.8. The van der Waals surface area contributed by atoms with E-state index in [1.165, 1.54) is 0 Å². The molecule has 6 nitrogen and oxygen atoms in total. The number of phenols is 1. The number of rotatable bonds is 12. The van der Waals surface area contributed by atoms with E-state index in [0.717, 1.165) is 17.4 Å². The van der Waals surface area contributed by atoms with Crippen LogP contribution < -0.4 is 4.74 Å². The molecule has 4 atom stereocenters. The van der Waals surface area contributed by atoms with Gasteiger partial charge in [0.2, 0.25) is 0 Å². The molecular weight excluding hydrogens is 479 g/mol. The maximum absolute atomic E-state index is 10.8. The fraction of sp³-hybridized carbons (Fsp3) is 0.462. The van der Waals surface area contributed by atoms with Crippen LogP contribution in [0.15, 0.2) is 36.4 Å². The zero-order valence-corrected chi connectivity index (χ0v) is 21.1. The molecule has 1 aliphatic heterocycles. The molecule has 0 aromatic heterocycles. The highest BCUT2D eigenvalue weighted by atomic mass is 35.5. The van der Waals surface area contributed by atoms with Gasteiger partial charge in [-0.15, -0.1) is 0 Å². The molecule has 1 saturated heterocycles. The Hall–Kier alpha value is -1.80. The predicted molar refractivity (Wildman–Crippen MR) is 135 cm³/mol. The van der Waals surface area contributed by atoms with E-state index < -0.39 is 0 Å². The average Bonchev–Trinajstić information content (AvgIpc) is 3.64. The quantitative estimate of drug-likeness (QED) is 0.239. The van der Waals surface area contributed by atoms with Gasteiger partial charge >= 0.3 is 0 Å². The van der Waals surface area contributed by atoms with Crippen LogP contribution in [0.4, 0.5) is 0 Å². The molecule has 184 valence electrons. The lowest BCUT2D eigenvalue weighted by molar-refractivity contribution is -0.0740. The van der Waals surface area contributed by atoms with Crippen molar-refractivity contribution in [2.45, 2.75) is 45.2 Å². The van der Waals surface area contributed by atoms with E-state index in [1.54, 1.807) is 30.3 Å². The molecule has 1 fully saturated rings. The average molecular weight is 509 g/mol. The Labute approximate surface area is 209 Å². The summed E-state index contributed by atoms with van der Waals surface area (Å²) in [6, 6.07) is 10.7. The van der Waals surface area contributed by atoms with E-state index in [0.29, 0.717) is 53.0 Å². The molecule has 1 aliphatic rings. The van der Waals surface area contributed by atoms with Crippen LogP contribution in [0.1, 0.15) is 20.8 Å². The van der Waals surface area contributed by atoms with Crippen molar-refractivity contribution in [2.24, 2.45) is 0 Å². The summed E-state index contributed by atoms with van der Waals surface area (Å²) in [5.41, 5.74) is 0. The van der Waals surface area contributed by atoms with Gasteiger partial charge in [0.05, 0.1) is 44.7 Å². The van der Waals surface area contributed by atoms with Gasteiger partial charge in [0.1, 0.15) is 24.2 Å². The Bertz CT molecular complexity index is 1130. The van der Waals surface area contributed by atoms with E-state index in [1.807, 2.05) is 26.8 Å². The van der Waals surface area contributed by atoms with Crippen LogP contribution in [-0.4, -0.2) is 62.6 Å². The van der Waals surface area contributed by atoms with Gasteiger partial charge in [0, 0.05) is 31.6 Å². The minimum Gasteiger partial charge on any atom is -0.507 e. The third-order valence-corrected chi connectivity index (χ3v) is 6.10. The Morgan fingerprint density at radius 1 is 0.824 bits per heavy atom. The molecule has 8 heteroatoms. The van der Waals surface area contributed by atoms with Gasteiger partial charge < -0.3 is 28.8 Å². The van der Waals surface area contributed by atoms with Gasteiger partial charge in [-0.1, -0.05) is 23.2 Å². The third kappa shape index (κ3) is 6.45. The Kier molecular flexibility index (Phi) is 8.40. The zero-order valence-electron chi connectivity index (χ0n) is 19.6. The first-order valence-electron chi connectivity index (χ1n) is 11.4. The van der Waals surface area contributed by atoms with Crippen LogP contribution in [0.2, 0.25) is 10.0 Å². The van der Waals surface area contributed by atoms with Crippen molar-refractivity contribution in [3.05, 3.63) is 46.4 Å². The number of halogens is 2. The molecule has 34 heavy (non-hydrogen) atoms. The summed E-state index contributed by atoms with van der Waals surface area (Å²) >= 11 is 12.4. The van der Waals surface area contributed by atoms with Crippen LogP contribution in [-0.2, 0) is 18.9 Å². The van der Waals surface area contributed by atoms with E-state index in [-0.39, 0.29) is 30.2 Å². The first-order valence-corrected chi connectivity index (χ1v) is 12.2. The van der Waals surface area contributed by atoms with Crippen molar-refractivity contribution in [1.82, 2.24) is 0 Å². The number of fused-ring (bicyclic) bond motifs is 2. The molecular formula is C26H30Cl2O6. The summed E-state index contributed by atoms with van der Waals surface area (Å²) in [5, 5.41) is 14.7. The largest absolute Gasteiger partial charge is 0.507 e. The van der Waals surface area contributed by atoms with Crippen molar-refractivity contribution in [1.29, 1.82) is 0 Å². The monoisotopic (exact) mass is 508 g/mol. The summed E-state index contributed by atoms with van der Waals surface area (Å²) in [5.74, 6) is 0.780. The SMILES string of the molecule is CC(COc1c2ccc(Cl)cc2c(O)c2ccc(Cl)cc12)OCC(C)OCC(C)OCC1CO1. The number of ether oxygens (including phenoxy) is 5. The minimum atomic E-state index is -0.183. The van der Waals surface area contributed by atoms with Crippen LogP contribution in [0.3, 0.4) is 0 Å². The highest BCUT2D eigenvalue weighted by Crippen LogP contribution is 2.43. The molecule has 0 spiro atoms. The molecule has 4 unspecified atom stereocenters. The minimum absolute atomic E-state index is 0.00351. The number of hydrogen-bond acceptors (Lipinski definition) is 6. The Balaban J connectivity index is 1.36. The second kappa shape index (κ2) is 11.3. The standard InChI is InChI=1S/C26H30Cl2O6/c1-15(30-11-16(2)32-13-20-14-33-20)10-31-17(3)12-34-26-22-7-5-18(27)8-23(22)25(29)21-6-4-19(28)9-24(21)26/h4-9,15-17,20,29H,10-14H2,1-3H3. The lowest BCUT2D eigenvalue weighted by Crippen LogP contribution is -2.27. The molecule has 3 aromatic rings. The van der Waals surface area contributed by atoms with Crippen molar-refractivity contribution in [3.63, 3.8) is 0 Å². The van der Waals surface area contributed by atoms with E-state index in [9.17, 15) is 5.11 Å². The summed E-state index contributed by atoms with van der Waals surface area (Å²) in [7, 11) is 0. The Morgan fingerprint density at radius 2 is 1.38 bits per heavy atom. The van der Waals surface area contributed by atoms with Crippen LogP contribution in [0, 0.1) is 0 Å². The summed E-state index contributed by atoms with van der Waals surface area (Å²) in [6.45, 7) is 8.55. The second-order valence-electron chi connectivity index (χ2n) is 8.76. The first kappa shape index (κ1) is 25.3. The van der Waals surface area contributed by atoms with Gasteiger partial charge in [-0.3, -0.25) is 0 Å². The van der Waals surface area contributed by atoms with Crippen LogP contribution >= 0.6 is 23.2 Å². The van der Waals surface area contributed by atoms with Crippen LogP contribution in [0.5, 0.6) is 11.5 Å². The molecule has 3 aromatic carbocycles. The topological polar surface area (TPSA) is 69.7 Å². The molecule has 0 bridgehead atoms. The summed E-state index contributed by atoms with van der Waals surface area (Å²) in [4.78, 5) is 0. The number of aromatic hydroxyl groups is 1. The normalized spacial score (nSPS) is 18.2. The van der Waals surface area contributed by atoms with Gasteiger partial charge in [-0.05, 0) is 57.2 Å². The maximum Gasteiger partial charge on any atom is 0.135 e. The van der Waals surface area contributed by atoms with Gasteiger partial charge in [-0.25, -0.2) is 0 Å². The number of phenolic OH excluding ortho intramolecular Hbond substituents is 1. The zero-order chi connectivity index (χ0) is 24.2. The summed E-state index contributed by atoms with van der Waals surface area (Å²) in [6.07, 6.45) is -0.0113. The Morgan fingerprint density at radius 3 is 2.03 bits per heavy atom. The fourth-order valence-electron chi connectivity index (χ4n) is 3.65. The lowest BCUT2D eigenvalue weighted by Gasteiger charge is -2.21. The maximum atomic E-state index is 10.8. The lowest BCUT2D eigenvalue weighted by atomic mass is 10.0. The van der Waals surface area contributed by atoms with Gasteiger partial charge in [-0.2, -0.15) is 0 Å². The van der Waals surface area contributed by atoms with Crippen molar-refractivity contribution >= 4 is 44.7 Å². The van der Waals surface area contributed by atoms with Crippen molar-refractivity contribution < 1.29 is 28.8 Å². The van der Waals surface area contributed by atoms with E-state index >= 15 is 0 Å². The highest BCUT2D eigenvalue weighted by molar-refractivity contribution is 6.32.